The second-order valence-corrected chi connectivity index (χ2v) is 6.17. The molecule has 1 aliphatic heterocycles. The van der Waals surface area contributed by atoms with Crippen molar-refractivity contribution in [3.8, 4) is 5.75 Å². The third kappa shape index (κ3) is 4.74. The van der Waals surface area contributed by atoms with E-state index in [1.165, 1.54) is 0 Å². The highest BCUT2D eigenvalue weighted by atomic mass is 16.5. The highest BCUT2D eigenvalue weighted by molar-refractivity contribution is 5.79. The van der Waals surface area contributed by atoms with Gasteiger partial charge in [-0.1, -0.05) is 26.0 Å². The molecule has 1 aliphatic rings. The van der Waals surface area contributed by atoms with Crippen LogP contribution in [0.25, 0.3) is 0 Å². The van der Waals surface area contributed by atoms with Gasteiger partial charge in [0, 0.05) is 25.7 Å². The summed E-state index contributed by atoms with van der Waals surface area (Å²) in [6, 6.07) is 8.15. The lowest BCUT2D eigenvalue weighted by molar-refractivity contribution is -0.133. The van der Waals surface area contributed by atoms with E-state index in [0.717, 1.165) is 37.6 Å². The van der Waals surface area contributed by atoms with E-state index >= 15 is 0 Å². The fraction of sp³-hybridized carbons (Fsp3) is 0.588. The van der Waals surface area contributed by atoms with Crippen molar-refractivity contribution in [3.05, 3.63) is 29.8 Å². The lowest BCUT2D eigenvalue weighted by Gasteiger charge is -2.34. The van der Waals surface area contributed by atoms with Crippen LogP contribution in [0.1, 0.15) is 26.3 Å². The van der Waals surface area contributed by atoms with Crippen molar-refractivity contribution < 1.29 is 9.53 Å². The molecular formula is C17H26N2O2. The van der Waals surface area contributed by atoms with E-state index in [9.17, 15) is 4.79 Å². The minimum absolute atomic E-state index is 0.208. The van der Waals surface area contributed by atoms with Gasteiger partial charge in [0.2, 0.25) is 5.91 Å². The number of amides is 1. The van der Waals surface area contributed by atoms with Gasteiger partial charge >= 0.3 is 0 Å². The first-order chi connectivity index (χ1) is 10.1. The van der Waals surface area contributed by atoms with Crippen molar-refractivity contribution in [3.63, 3.8) is 0 Å². The van der Waals surface area contributed by atoms with Gasteiger partial charge in [-0.3, -0.25) is 4.79 Å². The van der Waals surface area contributed by atoms with E-state index in [-0.39, 0.29) is 11.9 Å². The van der Waals surface area contributed by atoms with Gasteiger partial charge in [-0.25, -0.2) is 0 Å². The van der Waals surface area contributed by atoms with Crippen LogP contribution in [0.2, 0.25) is 0 Å². The van der Waals surface area contributed by atoms with Crippen LogP contribution in [0.15, 0.2) is 24.3 Å². The average molecular weight is 290 g/mol. The molecule has 0 aliphatic carbocycles. The van der Waals surface area contributed by atoms with Crippen LogP contribution in [-0.2, 0) is 11.2 Å². The summed E-state index contributed by atoms with van der Waals surface area (Å²) in [6.45, 7) is 9.63. The van der Waals surface area contributed by atoms with Gasteiger partial charge in [0.15, 0.2) is 0 Å². The Morgan fingerprint density at radius 2 is 2.10 bits per heavy atom. The van der Waals surface area contributed by atoms with Crippen LogP contribution < -0.4 is 10.1 Å². The molecule has 1 fully saturated rings. The van der Waals surface area contributed by atoms with E-state index < -0.39 is 0 Å². The number of ether oxygens (including phenoxy) is 1. The van der Waals surface area contributed by atoms with Gasteiger partial charge in [-0.2, -0.15) is 0 Å². The number of carbonyl (C=O) groups excluding carboxylic acids is 1. The quantitative estimate of drug-likeness (QED) is 0.903. The Morgan fingerprint density at radius 3 is 2.71 bits per heavy atom. The molecule has 2 rings (SSSR count). The van der Waals surface area contributed by atoms with E-state index in [1.54, 1.807) is 0 Å². The molecule has 0 aromatic heterocycles. The molecule has 0 radical (unpaired) electrons. The Labute approximate surface area is 127 Å². The summed E-state index contributed by atoms with van der Waals surface area (Å²) < 4.78 is 5.66. The molecule has 116 valence electrons. The van der Waals surface area contributed by atoms with Crippen LogP contribution in [0.4, 0.5) is 0 Å². The van der Waals surface area contributed by atoms with Gasteiger partial charge in [-0.05, 0) is 30.5 Å². The summed E-state index contributed by atoms with van der Waals surface area (Å²) in [5, 5.41) is 3.30. The van der Waals surface area contributed by atoms with E-state index in [0.29, 0.717) is 12.3 Å². The fourth-order valence-electron chi connectivity index (χ4n) is 2.45. The lowest BCUT2D eigenvalue weighted by atomic mass is 10.1. The molecule has 1 N–H and O–H groups in total. The van der Waals surface area contributed by atoms with Gasteiger partial charge < -0.3 is 15.0 Å². The van der Waals surface area contributed by atoms with Crippen molar-refractivity contribution in [2.24, 2.45) is 5.92 Å². The summed E-state index contributed by atoms with van der Waals surface area (Å²) in [4.78, 5) is 14.3. The largest absolute Gasteiger partial charge is 0.493 e. The lowest BCUT2D eigenvalue weighted by Crippen LogP contribution is -2.52. The normalized spacial score (nSPS) is 18.9. The summed E-state index contributed by atoms with van der Waals surface area (Å²) >= 11 is 0. The maximum Gasteiger partial charge on any atom is 0.227 e. The zero-order chi connectivity index (χ0) is 15.2. The molecule has 1 atom stereocenters. The SMILES string of the molecule is CC(C)COc1ccc(CC(=O)N2CCNC[C@@H]2C)cc1. The molecule has 0 unspecified atom stereocenters. The number of rotatable bonds is 5. The van der Waals surface area contributed by atoms with E-state index in [4.69, 9.17) is 4.74 Å². The Hall–Kier alpha value is -1.55. The van der Waals surface area contributed by atoms with Crippen LogP contribution >= 0.6 is 0 Å². The molecule has 0 spiro atoms. The smallest absolute Gasteiger partial charge is 0.227 e. The van der Waals surface area contributed by atoms with Gasteiger partial charge in [-0.15, -0.1) is 0 Å². The number of hydrogen-bond donors (Lipinski definition) is 1. The predicted octanol–water partition coefficient (Wildman–Crippen LogP) is 2.08. The monoisotopic (exact) mass is 290 g/mol. The van der Waals surface area contributed by atoms with Crippen LogP contribution in [0, 0.1) is 5.92 Å². The molecule has 1 saturated heterocycles. The molecule has 0 saturated carbocycles. The van der Waals surface area contributed by atoms with Crippen LogP contribution in [0.3, 0.4) is 0 Å². The second kappa shape index (κ2) is 7.46. The molecule has 1 amide bonds. The maximum absolute atomic E-state index is 12.3. The van der Waals surface area contributed by atoms with E-state index in [1.807, 2.05) is 29.2 Å². The van der Waals surface area contributed by atoms with Crippen molar-refractivity contribution >= 4 is 5.91 Å². The molecule has 1 aromatic rings. The number of nitrogens with one attached hydrogen (secondary N) is 1. The van der Waals surface area contributed by atoms with Crippen molar-refractivity contribution in [1.29, 1.82) is 0 Å². The molecule has 21 heavy (non-hydrogen) atoms. The first kappa shape index (κ1) is 15.8. The highest BCUT2D eigenvalue weighted by Gasteiger charge is 2.22. The van der Waals surface area contributed by atoms with Crippen LogP contribution in [-0.4, -0.2) is 43.1 Å². The number of carbonyl (C=O) groups is 1. The standard InChI is InChI=1S/C17H26N2O2/c1-13(2)12-21-16-6-4-15(5-7-16)10-17(20)19-9-8-18-11-14(19)3/h4-7,13-14,18H,8-12H2,1-3H3/t14-/m0/s1. The third-order valence-corrected chi connectivity index (χ3v) is 3.68. The zero-order valence-electron chi connectivity index (χ0n) is 13.3. The summed E-state index contributed by atoms with van der Waals surface area (Å²) in [5.74, 6) is 1.59. The molecule has 1 heterocycles. The number of nitrogens with zero attached hydrogens (tertiary/aromatic N) is 1. The Balaban J connectivity index is 1.89. The second-order valence-electron chi connectivity index (χ2n) is 6.17. The topological polar surface area (TPSA) is 41.6 Å². The predicted molar refractivity (Wildman–Crippen MR) is 84.5 cm³/mol. The Bertz CT molecular complexity index is 456. The van der Waals surface area contributed by atoms with Gasteiger partial charge in [0.05, 0.1) is 13.0 Å². The van der Waals surface area contributed by atoms with E-state index in [2.05, 4.69) is 26.1 Å². The van der Waals surface area contributed by atoms with Crippen molar-refractivity contribution in [1.82, 2.24) is 10.2 Å². The van der Waals surface area contributed by atoms with Gasteiger partial charge in [0.1, 0.15) is 5.75 Å². The summed E-state index contributed by atoms with van der Waals surface area (Å²) in [5.41, 5.74) is 1.04. The molecule has 1 aromatic carbocycles. The molecule has 4 heteroatoms. The van der Waals surface area contributed by atoms with Crippen molar-refractivity contribution in [2.75, 3.05) is 26.2 Å². The number of piperazine rings is 1. The van der Waals surface area contributed by atoms with Crippen LogP contribution in [0.5, 0.6) is 5.75 Å². The minimum atomic E-state index is 0.208. The summed E-state index contributed by atoms with van der Waals surface area (Å²) in [7, 11) is 0. The molecule has 4 nitrogen and oxygen atoms in total. The first-order valence-corrected chi connectivity index (χ1v) is 7.78. The number of hydrogen-bond acceptors (Lipinski definition) is 3. The first-order valence-electron chi connectivity index (χ1n) is 7.78. The Morgan fingerprint density at radius 1 is 1.38 bits per heavy atom. The fourth-order valence-corrected chi connectivity index (χ4v) is 2.45. The van der Waals surface area contributed by atoms with Gasteiger partial charge in [0.25, 0.3) is 0 Å². The number of benzene rings is 1. The third-order valence-electron chi connectivity index (χ3n) is 3.68. The zero-order valence-corrected chi connectivity index (χ0v) is 13.3. The van der Waals surface area contributed by atoms with Crippen molar-refractivity contribution in [2.45, 2.75) is 33.2 Å². The maximum atomic E-state index is 12.3. The minimum Gasteiger partial charge on any atom is -0.493 e. The highest BCUT2D eigenvalue weighted by Crippen LogP contribution is 2.15. The molecule has 0 bridgehead atoms. The average Bonchev–Trinajstić information content (AvgIpc) is 2.47. The molecular weight excluding hydrogens is 264 g/mol. The summed E-state index contributed by atoms with van der Waals surface area (Å²) in [6.07, 6.45) is 0.467. The Kier molecular flexibility index (Phi) is 5.62.